The molecular weight excluding hydrogens is 234 g/mol. The van der Waals surface area contributed by atoms with Gasteiger partial charge in [0, 0.05) is 18.2 Å². The van der Waals surface area contributed by atoms with E-state index in [0.29, 0.717) is 4.73 Å². The third kappa shape index (κ3) is 2.70. The fourth-order valence-corrected chi connectivity index (χ4v) is 1.34. The van der Waals surface area contributed by atoms with Crippen LogP contribution in [0.25, 0.3) is 6.08 Å². The van der Waals surface area contributed by atoms with E-state index in [2.05, 4.69) is 0 Å². The first-order valence-electron chi connectivity index (χ1n) is 5.22. The second-order valence-corrected chi connectivity index (χ2v) is 3.50. The summed E-state index contributed by atoms with van der Waals surface area (Å²) in [6, 6.07) is 11.6. The Morgan fingerprint density at radius 1 is 1.06 bits per heavy atom. The Hall–Kier alpha value is -2.69. The summed E-state index contributed by atoms with van der Waals surface area (Å²) in [5.41, 5.74) is 0.843. The van der Waals surface area contributed by atoms with Crippen molar-refractivity contribution in [1.29, 1.82) is 0 Å². The largest absolute Gasteiger partial charge is 0.492 e. The van der Waals surface area contributed by atoms with Crippen LogP contribution in [-0.2, 0) is 4.79 Å². The molecule has 92 valence electrons. The number of hydrogen-bond acceptors (Lipinski definition) is 4. The molecule has 0 atom stereocenters. The number of nitrogens with zero attached hydrogens (tertiary/aromatic N) is 1. The molecule has 0 saturated carbocycles. The molecule has 1 aromatic carbocycles. The Balaban J connectivity index is 2.04. The minimum absolute atomic E-state index is 0.353. The minimum atomic E-state index is -0.708. The molecule has 0 unspecified atom stereocenters. The zero-order chi connectivity index (χ0) is 13.0. The summed E-state index contributed by atoms with van der Waals surface area (Å²) >= 11 is 0. The zero-order valence-corrected chi connectivity index (χ0v) is 9.35. The average Bonchev–Trinajstić information content (AvgIpc) is 2.69. The quantitative estimate of drug-likeness (QED) is 0.805. The van der Waals surface area contributed by atoms with Crippen LogP contribution in [0, 0.1) is 0 Å². The fraction of sp³-hybridized carbons (Fsp3) is 0. The topological polar surface area (TPSA) is 71.7 Å². The molecule has 0 fully saturated rings. The molecule has 0 saturated heterocycles. The summed E-state index contributed by atoms with van der Waals surface area (Å²) < 4.78 is 0.637. The summed E-state index contributed by atoms with van der Waals surface area (Å²) in [6.45, 7) is 0. The van der Waals surface area contributed by atoms with Crippen molar-refractivity contribution >= 4 is 12.0 Å². The van der Waals surface area contributed by atoms with E-state index in [1.165, 1.54) is 18.2 Å². The Labute approximate surface area is 103 Å². The molecule has 2 rings (SSSR count). The number of benzene rings is 1. The third-order valence-corrected chi connectivity index (χ3v) is 2.19. The standard InChI is InChI=1S/C13H11NO4/c15-11-7-8-12(16)14(11)18-13(17)9-6-10-4-2-1-3-5-10/h1-9,15-16H. The fourth-order valence-electron chi connectivity index (χ4n) is 1.34. The molecule has 1 aromatic heterocycles. The van der Waals surface area contributed by atoms with E-state index < -0.39 is 5.97 Å². The third-order valence-electron chi connectivity index (χ3n) is 2.19. The van der Waals surface area contributed by atoms with Gasteiger partial charge in [-0.1, -0.05) is 30.3 Å². The lowest BCUT2D eigenvalue weighted by Gasteiger charge is -2.03. The van der Waals surface area contributed by atoms with Crippen LogP contribution >= 0.6 is 0 Å². The van der Waals surface area contributed by atoms with Gasteiger partial charge in [0.05, 0.1) is 0 Å². The Morgan fingerprint density at radius 2 is 1.67 bits per heavy atom. The Bertz CT molecular complexity index is 552. The molecule has 0 spiro atoms. The highest BCUT2D eigenvalue weighted by Gasteiger charge is 2.09. The first kappa shape index (κ1) is 11.8. The number of hydrogen-bond donors (Lipinski definition) is 2. The number of carbonyl (C=O) groups excluding carboxylic acids is 1. The average molecular weight is 245 g/mol. The SMILES string of the molecule is O=C(C=Cc1ccccc1)On1c(O)ccc1O. The van der Waals surface area contributed by atoms with Gasteiger partial charge in [0.1, 0.15) is 0 Å². The maximum absolute atomic E-state index is 11.4. The predicted octanol–water partition coefficient (Wildman–Crippen LogP) is 1.57. The van der Waals surface area contributed by atoms with Crippen molar-refractivity contribution in [3.8, 4) is 11.8 Å². The first-order valence-corrected chi connectivity index (χ1v) is 5.22. The molecule has 0 bridgehead atoms. The van der Waals surface area contributed by atoms with Crippen LogP contribution in [0.1, 0.15) is 5.56 Å². The van der Waals surface area contributed by atoms with Crippen LogP contribution in [0.5, 0.6) is 11.8 Å². The highest BCUT2D eigenvalue weighted by molar-refractivity contribution is 5.87. The van der Waals surface area contributed by atoms with E-state index in [-0.39, 0.29) is 11.8 Å². The Morgan fingerprint density at radius 3 is 2.28 bits per heavy atom. The van der Waals surface area contributed by atoms with Crippen molar-refractivity contribution in [3.05, 3.63) is 54.1 Å². The van der Waals surface area contributed by atoms with E-state index >= 15 is 0 Å². The number of rotatable bonds is 3. The van der Waals surface area contributed by atoms with Crippen LogP contribution in [0.15, 0.2) is 48.5 Å². The van der Waals surface area contributed by atoms with Crippen LogP contribution in [0.3, 0.4) is 0 Å². The van der Waals surface area contributed by atoms with Gasteiger partial charge in [0.15, 0.2) is 0 Å². The lowest BCUT2D eigenvalue weighted by atomic mass is 10.2. The highest BCUT2D eigenvalue weighted by atomic mass is 16.7. The smallest absolute Gasteiger partial charge is 0.356 e. The van der Waals surface area contributed by atoms with Crippen LogP contribution in [0.2, 0.25) is 0 Å². The van der Waals surface area contributed by atoms with Gasteiger partial charge in [-0.05, 0) is 11.6 Å². The van der Waals surface area contributed by atoms with Gasteiger partial charge in [0.2, 0.25) is 11.8 Å². The summed E-state index contributed by atoms with van der Waals surface area (Å²) in [5, 5.41) is 18.5. The molecule has 18 heavy (non-hydrogen) atoms. The van der Waals surface area contributed by atoms with Gasteiger partial charge in [0.25, 0.3) is 0 Å². The van der Waals surface area contributed by atoms with E-state index in [4.69, 9.17) is 4.84 Å². The van der Waals surface area contributed by atoms with Crippen LogP contribution in [0.4, 0.5) is 0 Å². The van der Waals surface area contributed by atoms with Crippen molar-refractivity contribution in [1.82, 2.24) is 4.73 Å². The number of aromatic hydroxyl groups is 2. The molecule has 2 aromatic rings. The summed E-state index contributed by atoms with van der Waals surface area (Å²) in [6.07, 6.45) is 2.77. The molecular formula is C13H11NO4. The molecule has 2 N–H and O–H groups in total. The van der Waals surface area contributed by atoms with Crippen molar-refractivity contribution in [2.75, 3.05) is 0 Å². The molecule has 5 heteroatoms. The molecule has 0 aliphatic carbocycles. The van der Waals surface area contributed by atoms with Gasteiger partial charge in [-0.3, -0.25) is 0 Å². The van der Waals surface area contributed by atoms with Crippen molar-refractivity contribution in [2.45, 2.75) is 0 Å². The molecule has 5 nitrogen and oxygen atoms in total. The maximum atomic E-state index is 11.4. The molecule has 1 heterocycles. The minimum Gasteiger partial charge on any atom is -0.492 e. The van der Waals surface area contributed by atoms with Gasteiger partial charge in [-0.25, -0.2) is 4.79 Å². The van der Waals surface area contributed by atoms with E-state index in [1.54, 1.807) is 6.08 Å². The second kappa shape index (κ2) is 5.09. The number of aromatic nitrogens is 1. The second-order valence-electron chi connectivity index (χ2n) is 3.50. The monoisotopic (exact) mass is 245 g/mol. The van der Waals surface area contributed by atoms with Crippen molar-refractivity contribution in [2.24, 2.45) is 0 Å². The van der Waals surface area contributed by atoms with E-state index in [1.807, 2.05) is 30.3 Å². The summed E-state index contributed by atoms with van der Waals surface area (Å²) in [5.74, 6) is -1.41. The molecule has 0 aliphatic rings. The molecule has 0 radical (unpaired) electrons. The lowest BCUT2D eigenvalue weighted by molar-refractivity contribution is -0.139. The van der Waals surface area contributed by atoms with Crippen molar-refractivity contribution < 1.29 is 19.8 Å². The Kier molecular flexibility index (Phi) is 3.33. The number of carbonyl (C=O) groups is 1. The summed E-state index contributed by atoms with van der Waals surface area (Å²) in [7, 11) is 0. The highest BCUT2D eigenvalue weighted by Crippen LogP contribution is 2.18. The van der Waals surface area contributed by atoms with E-state index in [9.17, 15) is 15.0 Å². The zero-order valence-electron chi connectivity index (χ0n) is 9.35. The lowest BCUT2D eigenvalue weighted by Crippen LogP contribution is -2.16. The molecule has 0 aliphatic heterocycles. The predicted molar refractivity (Wildman–Crippen MR) is 64.8 cm³/mol. The molecule has 0 amide bonds. The van der Waals surface area contributed by atoms with Crippen LogP contribution < -0.4 is 4.84 Å². The van der Waals surface area contributed by atoms with Crippen molar-refractivity contribution in [3.63, 3.8) is 0 Å². The van der Waals surface area contributed by atoms with Gasteiger partial charge >= 0.3 is 5.97 Å². The van der Waals surface area contributed by atoms with Crippen LogP contribution in [-0.4, -0.2) is 20.9 Å². The van der Waals surface area contributed by atoms with E-state index in [0.717, 1.165) is 5.56 Å². The first-order chi connectivity index (χ1) is 8.66. The van der Waals surface area contributed by atoms with Gasteiger partial charge in [-0.15, -0.1) is 4.73 Å². The normalized spacial score (nSPS) is 10.7. The van der Waals surface area contributed by atoms with Gasteiger partial charge in [-0.2, -0.15) is 0 Å². The maximum Gasteiger partial charge on any atom is 0.356 e. The summed E-state index contributed by atoms with van der Waals surface area (Å²) in [4.78, 5) is 16.2. The van der Waals surface area contributed by atoms with Gasteiger partial charge < -0.3 is 15.1 Å².